The number of nitrogens with zero attached hydrogens (tertiary/aromatic N) is 3. The van der Waals surface area contributed by atoms with Gasteiger partial charge in [-0.15, -0.1) is 0 Å². The number of rotatable bonds is 3. The topological polar surface area (TPSA) is 117 Å². The van der Waals surface area contributed by atoms with Gasteiger partial charge in [0.2, 0.25) is 5.88 Å². The van der Waals surface area contributed by atoms with Crippen LogP contribution in [0.5, 0.6) is 11.6 Å². The fourth-order valence-electron chi connectivity index (χ4n) is 2.14. The first-order valence-electron chi connectivity index (χ1n) is 9.17. The minimum atomic E-state index is -1.08. The fourth-order valence-corrected chi connectivity index (χ4v) is 2.36. The van der Waals surface area contributed by atoms with Crippen LogP contribution < -0.4 is 15.4 Å². The second kappa shape index (κ2) is 8.93. The third-order valence-electron chi connectivity index (χ3n) is 3.27. The van der Waals surface area contributed by atoms with E-state index in [0.29, 0.717) is 4.90 Å². The standard InChI is InChI=1S/C20H24ClFN4O5/c1-19(2,3)30-17(27)26(18(28)31-20(4,5)6)15-14(21)16(25-10-24-15)29-13-8-7-11(23)9-12(13)22/h7-10H,23H2,1-6H3. The molecular formula is C20H24ClFN4O5. The predicted octanol–water partition coefficient (Wildman–Crippen LogP) is 5.32. The molecule has 2 aromatic rings. The normalized spacial score (nSPS) is 11.6. The Hall–Kier alpha value is -3.14. The molecule has 1 aromatic carbocycles. The summed E-state index contributed by atoms with van der Waals surface area (Å²) in [5.74, 6) is -1.63. The van der Waals surface area contributed by atoms with E-state index in [-0.39, 0.29) is 28.2 Å². The predicted molar refractivity (Wildman–Crippen MR) is 113 cm³/mol. The zero-order valence-corrected chi connectivity index (χ0v) is 18.8. The van der Waals surface area contributed by atoms with E-state index in [1.54, 1.807) is 41.5 Å². The number of nitrogens with two attached hydrogens (primary N) is 1. The zero-order chi connectivity index (χ0) is 23.6. The van der Waals surface area contributed by atoms with E-state index in [4.69, 9.17) is 31.5 Å². The summed E-state index contributed by atoms with van der Waals surface area (Å²) in [7, 11) is 0. The number of aromatic nitrogens is 2. The maximum atomic E-state index is 14.1. The lowest BCUT2D eigenvalue weighted by Crippen LogP contribution is -2.44. The van der Waals surface area contributed by atoms with Crippen molar-refractivity contribution in [3.63, 3.8) is 0 Å². The molecule has 0 radical (unpaired) electrons. The van der Waals surface area contributed by atoms with Gasteiger partial charge < -0.3 is 19.9 Å². The molecule has 1 aromatic heterocycles. The van der Waals surface area contributed by atoms with E-state index in [1.165, 1.54) is 12.1 Å². The highest BCUT2D eigenvalue weighted by atomic mass is 35.5. The lowest BCUT2D eigenvalue weighted by atomic mass is 10.2. The van der Waals surface area contributed by atoms with Crippen LogP contribution >= 0.6 is 11.6 Å². The zero-order valence-electron chi connectivity index (χ0n) is 18.0. The van der Waals surface area contributed by atoms with Gasteiger partial charge in [-0.1, -0.05) is 11.6 Å². The second-order valence-electron chi connectivity index (χ2n) is 8.40. The van der Waals surface area contributed by atoms with E-state index in [0.717, 1.165) is 12.4 Å². The molecule has 0 fully saturated rings. The maximum absolute atomic E-state index is 14.1. The van der Waals surface area contributed by atoms with Crippen LogP contribution in [0.1, 0.15) is 41.5 Å². The first-order chi connectivity index (χ1) is 14.2. The highest BCUT2D eigenvalue weighted by molar-refractivity contribution is 6.35. The second-order valence-corrected chi connectivity index (χ2v) is 8.78. The number of hydrogen-bond acceptors (Lipinski definition) is 8. The van der Waals surface area contributed by atoms with E-state index < -0.39 is 29.2 Å². The van der Waals surface area contributed by atoms with Gasteiger partial charge >= 0.3 is 12.2 Å². The number of carbonyl (C=O) groups excluding carboxylic acids is 2. The first kappa shape index (κ1) is 24.1. The van der Waals surface area contributed by atoms with Crippen LogP contribution in [-0.4, -0.2) is 33.4 Å². The quantitative estimate of drug-likeness (QED) is 0.619. The van der Waals surface area contributed by atoms with Crippen molar-refractivity contribution in [1.82, 2.24) is 9.97 Å². The molecule has 2 N–H and O–H groups in total. The first-order valence-corrected chi connectivity index (χ1v) is 9.55. The fraction of sp³-hybridized carbons (Fsp3) is 0.400. The van der Waals surface area contributed by atoms with E-state index in [2.05, 4.69) is 9.97 Å². The monoisotopic (exact) mass is 454 g/mol. The van der Waals surface area contributed by atoms with Gasteiger partial charge in [0, 0.05) is 11.8 Å². The number of nitrogen functional groups attached to an aromatic ring is 1. The summed E-state index contributed by atoms with van der Waals surface area (Å²) in [5.41, 5.74) is 3.87. The number of amides is 2. The van der Waals surface area contributed by atoms with Crippen LogP contribution in [0.4, 0.5) is 25.5 Å². The summed E-state index contributed by atoms with van der Waals surface area (Å²) in [6.07, 6.45) is -1.16. The van der Waals surface area contributed by atoms with Crippen LogP contribution in [0.25, 0.3) is 0 Å². The van der Waals surface area contributed by atoms with Gasteiger partial charge in [-0.05, 0) is 53.7 Å². The van der Waals surface area contributed by atoms with Gasteiger partial charge in [0.25, 0.3) is 0 Å². The Labute approximate surface area is 184 Å². The molecule has 2 amide bonds. The lowest BCUT2D eigenvalue weighted by Gasteiger charge is -2.28. The molecule has 0 saturated heterocycles. The summed E-state index contributed by atoms with van der Waals surface area (Å²) in [6.45, 7) is 9.74. The number of imide groups is 1. The summed E-state index contributed by atoms with van der Waals surface area (Å²) in [4.78, 5) is 33.8. The highest BCUT2D eigenvalue weighted by Crippen LogP contribution is 2.36. The summed E-state index contributed by atoms with van der Waals surface area (Å²) < 4.78 is 30.1. The smallest absolute Gasteiger partial charge is 0.425 e. The average Bonchev–Trinajstić information content (AvgIpc) is 2.57. The molecule has 0 saturated carbocycles. The molecule has 0 atom stereocenters. The van der Waals surface area contributed by atoms with E-state index in [9.17, 15) is 14.0 Å². The largest absolute Gasteiger partial charge is 0.443 e. The number of halogens is 2. The third-order valence-corrected chi connectivity index (χ3v) is 3.60. The van der Waals surface area contributed by atoms with Crippen molar-refractivity contribution < 1.29 is 28.2 Å². The summed E-state index contributed by atoms with van der Waals surface area (Å²) in [6, 6.07) is 3.75. The summed E-state index contributed by atoms with van der Waals surface area (Å²) in [5, 5.41) is -0.338. The van der Waals surface area contributed by atoms with Crippen molar-refractivity contribution in [2.75, 3.05) is 10.6 Å². The van der Waals surface area contributed by atoms with Crippen LogP contribution in [0, 0.1) is 5.82 Å². The Morgan fingerprint density at radius 2 is 1.58 bits per heavy atom. The minimum Gasteiger partial charge on any atom is -0.443 e. The maximum Gasteiger partial charge on any atom is 0.425 e. The number of ether oxygens (including phenoxy) is 3. The molecule has 1 heterocycles. The van der Waals surface area contributed by atoms with E-state index in [1.807, 2.05) is 0 Å². The molecule has 168 valence electrons. The molecule has 0 aliphatic heterocycles. The summed E-state index contributed by atoms with van der Waals surface area (Å²) >= 11 is 6.31. The van der Waals surface area contributed by atoms with Crippen molar-refractivity contribution in [3.05, 3.63) is 35.4 Å². The molecular weight excluding hydrogens is 431 g/mol. The van der Waals surface area contributed by atoms with Crippen LogP contribution in [0.2, 0.25) is 5.02 Å². The van der Waals surface area contributed by atoms with Gasteiger partial charge in [0.15, 0.2) is 17.4 Å². The van der Waals surface area contributed by atoms with Gasteiger partial charge in [-0.3, -0.25) is 0 Å². The van der Waals surface area contributed by atoms with Crippen LogP contribution in [0.15, 0.2) is 24.5 Å². The SMILES string of the molecule is CC(C)(C)OC(=O)N(C(=O)OC(C)(C)C)c1ncnc(Oc2ccc(N)cc2F)c1Cl. The molecule has 31 heavy (non-hydrogen) atoms. The van der Waals surface area contributed by atoms with Gasteiger partial charge in [0.1, 0.15) is 22.6 Å². The van der Waals surface area contributed by atoms with Crippen molar-refractivity contribution >= 4 is 35.3 Å². The van der Waals surface area contributed by atoms with Gasteiger partial charge in [0.05, 0.1) is 0 Å². The number of anilines is 2. The molecule has 0 aliphatic rings. The Morgan fingerprint density at radius 3 is 2.06 bits per heavy atom. The van der Waals surface area contributed by atoms with Gasteiger partial charge in [-0.2, -0.15) is 9.88 Å². The molecule has 0 bridgehead atoms. The molecule has 2 rings (SSSR count). The lowest BCUT2D eigenvalue weighted by molar-refractivity contribution is 0.0429. The Bertz CT molecular complexity index is 961. The van der Waals surface area contributed by atoms with Crippen molar-refractivity contribution in [1.29, 1.82) is 0 Å². The molecule has 0 unspecified atom stereocenters. The molecule has 9 nitrogen and oxygen atoms in total. The third kappa shape index (κ3) is 6.68. The number of benzene rings is 1. The van der Waals surface area contributed by atoms with Crippen molar-refractivity contribution in [3.8, 4) is 11.6 Å². The van der Waals surface area contributed by atoms with Crippen molar-refractivity contribution in [2.45, 2.75) is 52.7 Å². The van der Waals surface area contributed by atoms with E-state index >= 15 is 0 Å². The Morgan fingerprint density at radius 1 is 1.03 bits per heavy atom. The highest BCUT2D eigenvalue weighted by Gasteiger charge is 2.36. The number of carbonyl (C=O) groups is 2. The Kier molecular flexibility index (Phi) is 6.95. The molecule has 0 spiro atoms. The minimum absolute atomic E-state index is 0.195. The molecule has 11 heteroatoms. The van der Waals surface area contributed by atoms with Crippen molar-refractivity contribution in [2.24, 2.45) is 0 Å². The van der Waals surface area contributed by atoms with Gasteiger partial charge in [-0.25, -0.2) is 19.0 Å². The average molecular weight is 455 g/mol. The number of hydrogen-bond donors (Lipinski definition) is 1. The Balaban J connectivity index is 2.49. The van der Waals surface area contributed by atoms with Crippen LogP contribution in [-0.2, 0) is 9.47 Å². The molecule has 0 aliphatic carbocycles. The van der Waals surface area contributed by atoms with Crippen LogP contribution in [0.3, 0.4) is 0 Å².